The Hall–Kier alpha value is -2.97. The smallest absolute Gasteiger partial charge is 0.321 e. The van der Waals surface area contributed by atoms with Gasteiger partial charge in [-0.25, -0.2) is 9.78 Å². The van der Waals surface area contributed by atoms with Gasteiger partial charge in [-0.2, -0.15) is 5.10 Å². The standard InChI is InChI=1S/C16H20N6O3/c1-10-3-4-13(9-14(10)22(24)25)18-16(23)21-7-5-12(6-8-21)15-17-11(2)19-20-15/h3-4,9,12H,5-8H2,1-2H3,(H,18,23)(H,17,19,20). The first-order chi connectivity index (χ1) is 11.9. The van der Waals surface area contributed by atoms with Crippen LogP contribution in [0.1, 0.15) is 36.0 Å². The number of aryl methyl sites for hydroxylation is 2. The van der Waals surface area contributed by atoms with E-state index in [1.54, 1.807) is 24.0 Å². The number of likely N-dealkylation sites (tertiary alicyclic amines) is 1. The van der Waals surface area contributed by atoms with E-state index in [1.807, 2.05) is 6.92 Å². The van der Waals surface area contributed by atoms with Gasteiger partial charge in [0.2, 0.25) is 0 Å². The molecule has 1 aliphatic rings. The number of hydrogen-bond acceptors (Lipinski definition) is 5. The van der Waals surface area contributed by atoms with Crippen LogP contribution in [-0.4, -0.2) is 44.1 Å². The second-order valence-electron chi connectivity index (χ2n) is 6.23. The largest absolute Gasteiger partial charge is 0.324 e. The third kappa shape index (κ3) is 3.76. The molecule has 0 spiro atoms. The summed E-state index contributed by atoms with van der Waals surface area (Å²) in [6.45, 7) is 4.72. The van der Waals surface area contributed by atoms with Gasteiger partial charge in [0.15, 0.2) is 5.82 Å². The van der Waals surface area contributed by atoms with Gasteiger partial charge < -0.3 is 10.2 Å². The normalized spacial score (nSPS) is 15.2. The van der Waals surface area contributed by atoms with Crippen LogP contribution in [0.5, 0.6) is 0 Å². The van der Waals surface area contributed by atoms with Gasteiger partial charge >= 0.3 is 6.03 Å². The molecule has 9 heteroatoms. The Morgan fingerprint density at radius 3 is 2.68 bits per heavy atom. The van der Waals surface area contributed by atoms with Gasteiger partial charge in [0.1, 0.15) is 5.82 Å². The molecule has 0 saturated carbocycles. The maximum Gasteiger partial charge on any atom is 0.321 e. The highest BCUT2D eigenvalue weighted by Crippen LogP contribution is 2.26. The van der Waals surface area contributed by atoms with E-state index in [9.17, 15) is 14.9 Å². The Bertz CT molecular complexity index is 795. The molecule has 1 aromatic heterocycles. The lowest BCUT2D eigenvalue weighted by molar-refractivity contribution is -0.385. The molecule has 25 heavy (non-hydrogen) atoms. The number of anilines is 1. The van der Waals surface area contributed by atoms with Gasteiger partial charge in [0.05, 0.1) is 4.92 Å². The lowest BCUT2D eigenvalue weighted by atomic mass is 9.96. The monoisotopic (exact) mass is 344 g/mol. The molecule has 0 bridgehead atoms. The van der Waals surface area contributed by atoms with E-state index in [1.165, 1.54) is 6.07 Å². The van der Waals surface area contributed by atoms with Gasteiger partial charge in [-0.1, -0.05) is 6.07 Å². The maximum absolute atomic E-state index is 12.4. The molecular formula is C16H20N6O3. The first kappa shape index (κ1) is 16.9. The zero-order chi connectivity index (χ0) is 18.0. The Morgan fingerprint density at radius 1 is 1.36 bits per heavy atom. The third-order valence-corrected chi connectivity index (χ3v) is 4.42. The second-order valence-corrected chi connectivity index (χ2v) is 6.23. The van der Waals surface area contributed by atoms with E-state index in [2.05, 4.69) is 20.5 Å². The van der Waals surface area contributed by atoms with Gasteiger partial charge in [0.25, 0.3) is 5.69 Å². The van der Waals surface area contributed by atoms with E-state index in [-0.39, 0.29) is 17.6 Å². The molecule has 1 fully saturated rings. The highest BCUT2D eigenvalue weighted by atomic mass is 16.6. The van der Waals surface area contributed by atoms with Crippen molar-refractivity contribution in [1.82, 2.24) is 20.1 Å². The topological polar surface area (TPSA) is 117 Å². The van der Waals surface area contributed by atoms with Crippen molar-refractivity contribution in [2.75, 3.05) is 18.4 Å². The molecule has 3 rings (SSSR count). The number of nitro groups is 1. The van der Waals surface area contributed by atoms with Crippen LogP contribution in [0.2, 0.25) is 0 Å². The molecule has 0 atom stereocenters. The zero-order valence-corrected chi connectivity index (χ0v) is 14.2. The number of nitrogens with one attached hydrogen (secondary N) is 2. The summed E-state index contributed by atoms with van der Waals surface area (Å²) >= 11 is 0. The molecule has 9 nitrogen and oxygen atoms in total. The summed E-state index contributed by atoms with van der Waals surface area (Å²) in [6.07, 6.45) is 1.58. The van der Waals surface area contributed by atoms with E-state index in [0.29, 0.717) is 24.3 Å². The molecule has 2 N–H and O–H groups in total. The lowest BCUT2D eigenvalue weighted by Crippen LogP contribution is -2.40. The summed E-state index contributed by atoms with van der Waals surface area (Å²) in [4.78, 5) is 29.0. The van der Waals surface area contributed by atoms with Crippen LogP contribution in [0.25, 0.3) is 0 Å². The number of benzene rings is 1. The minimum atomic E-state index is -0.449. The molecular weight excluding hydrogens is 324 g/mol. The summed E-state index contributed by atoms with van der Waals surface area (Å²) in [7, 11) is 0. The van der Waals surface area contributed by atoms with E-state index in [0.717, 1.165) is 24.5 Å². The molecule has 0 aliphatic carbocycles. The van der Waals surface area contributed by atoms with Crippen molar-refractivity contribution in [3.8, 4) is 0 Å². The van der Waals surface area contributed by atoms with Crippen molar-refractivity contribution in [2.24, 2.45) is 0 Å². The minimum Gasteiger partial charge on any atom is -0.324 e. The van der Waals surface area contributed by atoms with Gasteiger partial charge in [-0.15, -0.1) is 0 Å². The number of urea groups is 1. The summed E-state index contributed by atoms with van der Waals surface area (Å²) in [5.41, 5.74) is 0.983. The number of piperidine rings is 1. The van der Waals surface area contributed by atoms with Crippen molar-refractivity contribution in [3.63, 3.8) is 0 Å². The van der Waals surface area contributed by atoms with Crippen LogP contribution in [-0.2, 0) is 0 Å². The Morgan fingerprint density at radius 2 is 2.08 bits per heavy atom. The van der Waals surface area contributed by atoms with Crippen molar-refractivity contribution in [2.45, 2.75) is 32.6 Å². The second kappa shape index (κ2) is 6.88. The fraction of sp³-hybridized carbons (Fsp3) is 0.438. The van der Waals surface area contributed by atoms with Crippen molar-refractivity contribution in [3.05, 3.63) is 45.5 Å². The highest BCUT2D eigenvalue weighted by molar-refractivity contribution is 5.89. The number of rotatable bonds is 3. The number of hydrogen-bond donors (Lipinski definition) is 2. The summed E-state index contributed by atoms with van der Waals surface area (Å²) < 4.78 is 0. The van der Waals surface area contributed by atoms with E-state index in [4.69, 9.17) is 0 Å². The van der Waals surface area contributed by atoms with Gasteiger partial charge in [0, 0.05) is 36.3 Å². The number of carbonyl (C=O) groups excluding carboxylic acids is 1. The van der Waals surface area contributed by atoms with Crippen molar-refractivity contribution >= 4 is 17.4 Å². The molecule has 132 valence electrons. The number of aromatic amines is 1. The maximum atomic E-state index is 12.4. The average Bonchev–Trinajstić information content (AvgIpc) is 3.03. The van der Waals surface area contributed by atoms with Crippen LogP contribution >= 0.6 is 0 Å². The molecule has 0 unspecified atom stereocenters. The predicted molar refractivity (Wildman–Crippen MR) is 91.5 cm³/mol. The lowest BCUT2D eigenvalue weighted by Gasteiger charge is -2.30. The summed E-state index contributed by atoms with van der Waals surface area (Å²) in [6, 6.07) is 4.44. The number of H-pyrrole nitrogens is 1. The summed E-state index contributed by atoms with van der Waals surface area (Å²) in [5.74, 6) is 1.83. The van der Waals surface area contributed by atoms with Gasteiger partial charge in [-0.05, 0) is 32.8 Å². The number of aromatic nitrogens is 3. The SMILES string of the molecule is Cc1nc(C2CCN(C(=O)Nc3ccc(C)c([N+](=O)[O-])c3)CC2)n[nH]1. The number of nitrogens with zero attached hydrogens (tertiary/aromatic N) is 4. The molecule has 0 radical (unpaired) electrons. The highest BCUT2D eigenvalue weighted by Gasteiger charge is 2.26. The fourth-order valence-corrected chi connectivity index (χ4v) is 2.97. The molecule has 1 saturated heterocycles. The van der Waals surface area contributed by atoms with Crippen LogP contribution < -0.4 is 5.32 Å². The third-order valence-electron chi connectivity index (χ3n) is 4.42. The molecule has 1 aromatic carbocycles. The van der Waals surface area contributed by atoms with Gasteiger partial charge in [-0.3, -0.25) is 15.2 Å². The first-order valence-corrected chi connectivity index (χ1v) is 8.14. The Kier molecular flexibility index (Phi) is 4.64. The molecule has 2 heterocycles. The summed E-state index contributed by atoms with van der Waals surface area (Å²) in [5, 5.41) is 20.8. The molecule has 1 aliphatic heterocycles. The van der Waals surface area contributed by atoms with E-state index >= 15 is 0 Å². The average molecular weight is 344 g/mol. The number of amides is 2. The first-order valence-electron chi connectivity index (χ1n) is 8.14. The Labute approximate surface area is 144 Å². The molecule has 2 aromatic rings. The number of carbonyl (C=O) groups is 1. The molecule has 2 amide bonds. The minimum absolute atomic E-state index is 0.00326. The van der Waals surface area contributed by atoms with Crippen molar-refractivity contribution < 1.29 is 9.72 Å². The quantitative estimate of drug-likeness (QED) is 0.656. The number of nitro benzene ring substituents is 1. The Balaban J connectivity index is 1.60. The zero-order valence-electron chi connectivity index (χ0n) is 14.2. The van der Waals surface area contributed by atoms with Crippen LogP contribution in [0.15, 0.2) is 18.2 Å². The predicted octanol–water partition coefficient (Wildman–Crippen LogP) is 2.74. The van der Waals surface area contributed by atoms with E-state index < -0.39 is 4.92 Å². The fourth-order valence-electron chi connectivity index (χ4n) is 2.97. The van der Waals surface area contributed by atoms with Crippen molar-refractivity contribution in [1.29, 1.82) is 0 Å². The van der Waals surface area contributed by atoms with Crippen LogP contribution in [0.4, 0.5) is 16.2 Å². The van der Waals surface area contributed by atoms with Crippen LogP contribution in [0.3, 0.4) is 0 Å². The van der Waals surface area contributed by atoms with Crippen LogP contribution in [0, 0.1) is 24.0 Å².